The van der Waals surface area contributed by atoms with Crippen LogP contribution in [0.2, 0.25) is 0 Å². The van der Waals surface area contributed by atoms with E-state index in [0.717, 1.165) is 18.5 Å². The number of aromatic nitrogens is 1. The van der Waals surface area contributed by atoms with Gasteiger partial charge in [0.25, 0.3) is 5.91 Å². The molecule has 1 atom stereocenters. The van der Waals surface area contributed by atoms with Gasteiger partial charge in [0.05, 0.1) is 20.9 Å². The number of fused-ring (bicyclic) bond motifs is 1. The number of para-hydroxylation sites is 1. The Balaban J connectivity index is 1.61. The fraction of sp³-hybridized carbons (Fsp3) is 0.400. The van der Waals surface area contributed by atoms with Crippen LogP contribution in [0.5, 0.6) is 11.5 Å². The summed E-state index contributed by atoms with van der Waals surface area (Å²) < 4.78 is 12.9. The van der Waals surface area contributed by atoms with E-state index in [-0.39, 0.29) is 5.91 Å². The maximum Gasteiger partial charge on any atom is 0.255 e. The van der Waals surface area contributed by atoms with Gasteiger partial charge >= 0.3 is 0 Å². The van der Waals surface area contributed by atoms with Crippen LogP contribution >= 0.6 is 0 Å². The Morgan fingerprint density at radius 3 is 2.52 bits per heavy atom. The number of amides is 1. The van der Waals surface area contributed by atoms with Crippen LogP contribution in [0.1, 0.15) is 29.6 Å². The number of carbonyl (C=O) groups is 1. The third kappa shape index (κ3) is 4.69. The molecule has 4 rings (SSSR count). The van der Waals surface area contributed by atoms with Gasteiger partial charge in [-0.05, 0) is 62.5 Å². The molecular weight excluding hydrogens is 390 g/mol. The van der Waals surface area contributed by atoms with Crippen molar-refractivity contribution in [2.75, 3.05) is 34.4 Å². The van der Waals surface area contributed by atoms with Crippen LogP contribution < -0.4 is 9.47 Å². The van der Waals surface area contributed by atoms with Crippen molar-refractivity contribution in [3.63, 3.8) is 0 Å². The Bertz CT molecular complexity index is 1020. The topological polar surface area (TPSA) is 46.9 Å². The average Bonchev–Trinajstić information content (AvgIpc) is 3.41. The Hall–Kier alpha value is -2.99. The molecule has 0 saturated carbocycles. The van der Waals surface area contributed by atoms with E-state index in [1.807, 2.05) is 17.0 Å². The molecule has 6 nitrogen and oxygen atoms in total. The van der Waals surface area contributed by atoms with Gasteiger partial charge in [-0.3, -0.25) is 4.79 Å². The van der Waals surface area contributed by atoms with E-state index in [1.165, 1.54) is 18.2 Å². The minimum absolute atomic E-state index is 0.0179. The van der Waals surface area contributed by atoms with Gasteiger partial charge in [0.2, 0.25) is 0 Å². The van der Waals surface area contributed by atoms with Gasteiger partial charge in [0.15, 0.2) is 0 Å². The monoisotopic (exact) mass is 421 g/mol. The Morgan fingerprint density at radius 1 is 1.10 bits per heavy atom. The molecule has 2 aromatic carbocycles. The molecule has 1 amide bonds. The van der Waals surface area contributed by atoms with Gasteiger partial charge in [-0.15, -0.1) is 0 Å². The first-order valence-electron chi connectivity index (χ1n) is 10.9. The second-order valence-corrected chi connectivity index (χ2v) is 8.22. The maximum absolute atomic E-state index is 13.6. The zero-order chi connectivity index (χ0) is 21.8. The molecule has 1 saturated heterocycles. The molecule has 6 heteroatoms. The largest absolute Gasteiger partial charge is 0.497 e. The molecule has 164 valence electrons. The summed E-state index contributed by atoms with van der Waals surface area (Å²) in [5, 5.41) is 1.17. The van der Waals surface area contributed by atoms with E-state index >= 15 is 0 Å². The molecule has 0 N–H and O–H groups in total. The molecule has 1 aliphatic heterocycles. The van der Waals surface area contributed by atoms with Gasteiger partial charge < -0.3 is 23.8 Å². The molecule has 31 heavy (non-hydrogen) atoms. The highest BCUT2D eigenvalue weighted by molar-refractivity contribution is 5.95. The summed E-state index contributed by atoms with van der Waals surface area (Å²) in [6.07, 6.45) is 5.43. The maximum atomic E-state index is 13.6. The zero-order valence-electron chi connectivity index (χ0n) is 18.6. The van der Waals surface area contributed by atoms with Crippen molar-refractivity contribution in [1.29, 1.82) is 0 Å². The number of hydrogen-bond donors (Lipinski definition) is 0. The Morgan fingerprint density at radius 2 is 1.84 bits per heavy atom. The van der Waals surface area contributed by atoms with Gasteiger partial charge in [-0.1, -0.05) is 18.2 Å². The summed E-state index contributed by atoms with van der Waals surface area (Å²) in [5.41, 5.74) is 1.70. The standard InChI is InChI=1S/C25H31N3O3/c1-26-12-6-8-21(26)11-14-28(18-27-13-10-19-7-4-5-9-24(19)27)25(29)20-15-22(30-2)17-23(16-20)31-3/h4-5,7,9-10,13,15-17,21H,6,8,11-12,14,18H2,1-3H3. The van der Waals surface area contributed by atoms with Crippen molar-refractivity contribution < 1.29 is 14.3 Å². The Labute approximate surface area is 184 Å². The third-order valence-corrected chi connectivity index (χ3v) is 6.29. The molecule has 1 aromatic heterocycles. The number of benzene rings is 2. The van der Waals surface area contributed by atoms with Crippen LogP contribution in [0.15, 0.2) is 54.7 Å². The number of hydrogen-bond acceptors (Lipinski definition) is 4. The smallest absolute Gasteiger partial charge is 0.255 e. The molecule has 2 heterocycles. The molecule has 1 fully saturated rings. The molecule has 1 unspecified atom stereocenters. The summed E-state index contributed by atoms with van der Waals surface area (Å²) in [7, 11) is 5.38. The minimum atomic E-state index is -0.0179. The lowest BCUT2D eigenvalue weighted by molar-refractivity contribution is 0.0689. The zero-order valence-corrected chi connectivity index (χ0v) is 18.6. The second kappa shape index (κ2) is 9.43. The van der Waals surface area contributed by atoms with Crippen LogP contribution in [0, 0.1) is 0 Å². The van der Waals surface area contributed by atoms with E-state index in [1.54, 1.807) is 32.4 Å². The van der Waals surface area contributed by atoms with Gasteiger partial charge in [0, 0.05) is 35.9 Å². The van der Waals surface area contributed by atoms with Crippen molar-refractivity contribution in [1.82, 2.24) is 14.4 Å². The number of likely N-dealkylation sites (tertiary alicyclic amines) is 1. The highest BCUT2D eigenvalue weighted by Gasteiger charge is 2.24. The average molecular weight is 422 g/mol. The van der Waals surface area contributed by atoms with Crippen molar-refractivity contribution in [3.05, 3.63) is 60.3 Å². The predicted molar refractivity (Wildman–Crippen MR) is 123 cm³/mol. The summed E-state index contributed by atoms with van der Waals surface area (Å²) in [4.78, 5) is 18.0. The van der Waals surface area contributed by atoms with E-state index in [9.17, 15) is 4.79 Å². The van der Waals surface area contributed by atoms with Crippen molar-refractivity contribution in [3.8, 4) is 11.5 Å². The number of carbonyl (C=O) groups excluding carboxylic acids is 1. The molecule has 0 spiro atoms. The first kappa shape index (κ1) is 21.2. The predicted octanol–water partition coefficient (Wildman–Crippen LogP) is 4.24. The van der Waals surface area contributed by atoms with Gasteiger partial charge in [-0.25, -0.2) is 0 Å². The van der Waals surface area contributed by atoms with Crippen LogP contribution in [0.4, 0.5) is 0 Å². The first-order chi connectivity index (χ1) is 15.1. The molecule has 1 aliphatic rings. The van der Waals surface area contributed by atoms with Crippen molar-refractivity contribution in [2.24, 2.45) is 0 Å². The van der Waals surface area contributed by atoms with Crippen molar-refractivity contribution >= 4 is 16.8 Å². The molecule has 0 bridgehead atoms. The summed E-state index contributed by atoms with van der Waals surface area (Å²) in [5.74, 6) is 1.21. The second-order valence-electron chi connectivity index (χ2n) is 8.22. The van der Waals surface area contributed by atoms with Crippen LogP contribution in [-0.2, 0) is 6.67 Å². The fourth-order valence-electron chi connectivity index (χ4n) is 4.45. The van der Waals surface area contributed by atoms with Crippen LogP contribution in [0.25, 0.3) is 10.9 Å². The Kier molecular flexibility index (Phi) is 6.47. The minimum Gasteiger partial charge on any atom is -0.497 e. The summed E-state index contributed by atoms with van der Waals surface area (Å²) in [6.45, 7) is 2.33. The molecule has 3 aromatic rings. The van der Waals surface area contributed by atoms with Crippen LogP contribution in [-0.4, -0.2) is 60.7 Å². The molecule has 0 aliphatic carbocycles. The van der Waals surface area contributed by atoms with Crippen LogP contribution in [0.3, 0.4) is 0 Å². The lowest BCUT2D eigenvalue weighted by Crippen LogP contribution is -2.37. The lowest BCUT2D eigenvalue weighted by Gasteiger charge is -2.27. The van der Waals surface area contributed by atoms with E-state index in [0.29, 0.717) is 36.3 Å². The van der Waals surface area contributed by atoms with Gasteiger partial charge in [-0.2, -0.15) is 0 Å². The quantitative estimate of drug-likeness (QED) is 0.546. The SMILES string of the molecule is COc1cc(OC)cc(C(=O)N(CCC2CCCN2C)Cn2ccc3ccccc32)c1. The number of ether oxygens (including phenoxy) is 2. The number of nitrogens with zero attached hydrogens (tertiary/aromatic N) is 3. The fourth-order valence-corrected chi connectivity index (χ4v) is 4.45. The summed E-state index contributed by atoms with van der Waals surface area (Å²) in [6, 6.07) is 16.2. The number of rotatable bonds is 8. The molecular formula is C25H31N3O3. The molecule has 0 radical (unpaired) electrons. The third-order valence-electron chi connectivity index (χ3n) is 6.29. The summed E-state index contributed by atoms with van der Waals surface area (Å²) >= 11 is 0. The van der Waals surface area contributed by atoms with E-state index in [4.69, 9.17) is 9.47 Å². The highest BCUT2D eigenvalue weighted by Crippen LogP contribution is 2.25. The van der Waals surface area contributed by atoms with E-state index in [2.05, 4.69) is 40.9 Å². The van der Waals surface area contributed by atoms with Gasteiger partial charge in [0.1, 0.15) is 11.5 Å². The number of methoxy groups -OCH3 is 2. The first-order valence-corrected chi connectivity index (χ1v) is 10.9. The highest BCUT2D eigenvalue weighted by atomic mass is 16.5. The normalized spacial score (nSPS) is 16.5. The lowest BCUT2D eigenvalue weighted by atomic mass is 10.1. The van der Waals surface area contributed by atoms with E-state index < -0.39 is 0 Å². The van der Waals surface area contributed by atoms with Crippen molar-refractivity contribution in [2.45, 2.75) is 32.0 Å².